The second kappa shape index (κ2) is 7.85. The molecule has 3 nitrogen and oxygen atoms in total. The first-order chi connectivity index (χ1) is 15.4. The molecule has 1 N–H and O–H groups in total. The second-order valence-electron chi connectivity index (χ2n) is 10.7. The van der Waals surface area contributed by atoms with Gasteiger partial charge in [0.2, 0.25) is 0 Å². The van der Waals surface area contributed by atoms with Gasteiger partial charge in [-0.25, -0.2) is 0 Å². The summed E-state index contributed by atoms with van der Waals surface area (Å²) in [5, 5.41) is 21.2. The van der Waals surface area contributed by atoms with E-state index >= 15 is 0 Å². The SMILES string of the molecule is C=CCc1ccc([C@H]2C[C@@]3(C)[C@@H](CC[C@@]3(O)CC#N)[C@@H]3C=CC4=CC(=O)CC[C@@H]4[C@H]32)cc1. The lowest BCUT2D eigenvalue weighted by molar-refractivity contribution is -0.117. The van der Waals surface area contributed by atoms with Crippen LogP contribution in [0.2, 0.25) is 0 Å². The molecule has 0 aliphatic heterocycles. The predicted octanol–water partition coefficient (Wildman–Crippen LogP) is 5.67. The lowest BCUT2D eigenvalue weighted by Crippen LogP contribution is -2.54. The van der Waals surface area contributed by atoms with Crippen molar-refractivity contribution in [2.24, 2.45) is 29.1 Å². The smallest absolute Gasteiger partial charge is 0.155 e. The summed E-state index contributed by atoms with van der Waals surface area (Å²) < 4.78 is 0. The third kappa shape index (κ3) is 3.15. The molecular formula is C29H33NO2. The highest BCUT2D eigenvalue weighted by molar-refractivity contribution is 5.92. The summed E-state index contributed by atoms with van der Waals surface area (Å²) in [7, 11) is 0. The largest absolute Gasteiger partial charge is 0.388 e. The van der Waals surface area contributed by atoms with Gasteiger partial charge >= 0.3 is 0 Å². The number of rotatable bonds is 4. The van der Waals surface area contributed by atoms with Crippen molar-refractivity contribution in [2.75, 3.05) is 0 Å². The van der Waals surface area contributed by atoms with Crippen molar-refractivity contribution in [3.8, 4) is 6.07 Å². The van der Waals surface area contributed by atoms with Crippen LogP contribution in [0.25, 0.3) is 0 Å². The Labute approximate surface area is 191 Å². The number of benzene rings is 1. The number of fused-ring (bicyclic) bond motifs is 5. The Balaban J connectivity index is 1.61. The molecule has 0 bridgehead atoms. The van der Waals surface area contributed by atoms with E-state index in [0.29, 0.717) is 42.4 Å². The van der Waals surface area contributed by atoms with E-state index in [2.05, 4.69) is 56.0 Å². The van der Waals surface area contributed by atoms with Crippen molar-refractivity contribution >= 4 is 5.78 Å². The van der Waals surface area contributed by atoms with Crippen molar-refractivity contribution < 1.29 is 9.90 Å². The summed E-state index contributed by atoms with van der Waals surface area (Å²) in [5.41, 5.74) is 2.57. The van der Waals surface area contributed by atoms with Crippen LogP contribution >= 0.6 is 0 Å². The molecule has 1 aromatic rings. The number of nitriles is 1. The van der Waals surface area contributed by atoms with Gasteiger partial charge in [-0.15, -0.1) is 6.58 Å². The molecular weight excluding hydrogens is 394 g/mol. The fourth-order valence-electron chi connectivity index (χ4n) is 7.71. The zero-order valence-electron chi connectivity index (χ0n) is 19.0. The molecule has 5 rings (SSSR count). The molecule has 4 aliphatic rings. The average Bonchev–Trinajstić information content (AvgIpc) is 3.04. The maximum absolute atomic E-state index is 12.1. The van der Waals surface area contributed by atoms with E-state index in [1.165, 1.54) is 16.7 Å². The minimum Gasteiger partial charge on any atom is -0.388 e. The normalized spacial score (nSPS) is 40.0. The van der Waals surface area contributed by atoms with E-state index in [-0.39, 0.29) is 17.6 Å². The van der Waals surface area contributed by atoms with Crippen LogP contribution in [0.1, 0.15) is 62.5 Å². The lowest BCUT2D eigenvalue weighted by Gasteiger charge is -2.57. The third-order valence-corrected chi connectivity index (χ3v) is 9.36. The first-order valence-electron chi connectivity index (χ1n) is 12.1. The van der Waals surface area contributed by atoms with Gasteiger partial charge < -0.3 is 5.11 Å². The van der Waals surface area contributed by atoms with Crippen LogP contribution in [0, 0.1) is 40.4 Å². The number of carbonyl (C=O) groups is 1. The first-order valence-corrected chi connectivity index (χ1v) is 12.1. The molecule has 32 heavy (non-hydrogen) atoms. The minimum absolute atomic E-state index is 0.204. The van der Waals surface area contributed by atoms with Crippen LogP contribution in [-0.2, 0) is 11.2 Å². The summed E-state index contributed by atoms with van der Waals surface area (Å²) in [6.45, 7) is 6.09. The van der Waals surface area contributed by atoms with E-state index < -0.39 is 5.60 Å². The second-order valence-corrected chi connectivity index (χ2v) is 10.7. The summed E-state index contributed by atoms with van der Waals surface area (Å²) in [6, 6.07) is 11.2. The number of allylic oxidation sites excluding steroid dienone is 5. The minimum atomic E-state index is -0.926. The van der Waals surface area contributed by atoms with Crippen LogP contribution in [0.3, 0.4) is 0 Å². The summed E-state index contributed by atoms with van der Waals surface area (Å²) >= 11 is 0. The van der Waals surface area contributed by atoms with Gasteiger partial charge in [-0.05, 0) is 84.5 Å². The van der Waals surface area contributed by atoms with Gasteiger partial charge in [-0.1, -0.05) is 49.4 Å². The van der Waals surface area contributed by atoms with E-state index in [0.717, 1.165) is 25.7 Å². The average molecular weight is 428 g/mol. The summed E-state index contributed by atoms with van der Waals surface area (Å²) in [5.74, 6) is 2.12. The topological polar surface area (TPSA) is 61.1 Å². The molecule has 7 atom stereocenters. The molecule has 0 spiro atoms. The Morgan fingerprint density at radius 2 is 2.03 bits per heavy atom. The van der Waals surface area contributed by atoms with Gasteiger partial charge in [-0.3, -0.25) is 4.79 Å². The van der Waals surface area contributed by atoms with Crippen molar-refractivity contribution in [2.45, 2.75) is 63.4 Å². The Hall–Kier alpha value is -2.44. The monoisotopic (exact) mass is 427 g/mol. The van der Waals surface area contributed by atoms with Crippen molar-refractivity contribution in [3.05, 3.63) is 71.8 Å². The zero-order chi connectivity index (χ0) is 22.5. The molecule has 2 saturated carbocycles. The van der Waals surface area contributed by atoms with Crippen LogP contribution in [0.15, 0.2) is 60.7 Å². The van der Waals surface area contributed by atoms with E-state index in [9.17, 15) is 15.2 Å². The lowest BCUT2D eigenvalue weighted by atomic mass is 9.48. The molecule has 2 fully saturated rings. The molecule has 166 valence electrons. The van der Waals surface area contributed by atoms with Crippen LogP contribution in [0.5, 0.6) is 0 Å². The van der Waals surface area contributed by atoms with Gasteiger partial charge in [0.25, 0.3) is 0 Å². The van der Waals surface area contributed by atoms with E-state index in [1.807, 2.05) is 12.2 Å². The molecule has 0 aromatic heterocycles. The molecule has 0 unspecified atom stereocenters. The highest BCUT2D eigenvalue weighted by atomic mass is 16.3. The van der Waals surface area contributed by atoms with Crippen LogP contribution in [0.4, 0.5) is 0 Å². The van der Waals surface area contributed by atoms with Crippen molar-refractivity contribution in [1.29, 1.82) is 5.26 Å². The number of carbonyl (C=O) groups excluding carboxylic acids is 1. The third-order valence-electron chi connectivity index (χ3n) is 9.36. The van der Waals surface area contributed by atoms with Gasteiger partial charge in [0.15, 0.2) is 5.78 Å². The standard InChI is InChI=1S/C29H33NO2/c1-3-4-19-5-7-20(8-6-19)25-18-28(2)26(13-14-29(28,32)15-16-30)24-11-9-21-17-22(31)10-12-23(21)27(24)25/h3,5-9,11,17,23-27,32H,1,4,10,12-15,18H2,2H3/t23-,24-,25+,26-,27+,28-,29+/m0/s1. The molecule has 3 heteroatoms. The highest BCUT2D eigenvalue weighted by Crippen LogP contribution is 2.67. The molecule has 0 radical (unpaired) electrons. The number of aliphatic hydroxyl groups is 1. The fraction of sp³-hybridized carbons (Fsp3) is 0.517. The van der Waals surface area contributed by atoms with Crippen LogP contribution in [-0.4, -0.2) is 16.5 Å². The zero-order valence-corrected chi connectivity index (χ0v) is 19.0. The van der Waals surface area contributed by atoms with Gasteiger partial charge in [0, 0.05) is 11.8 Å². The first kappa shape index (κ1) is 21.4. The quantitative estimate of drug-likeness (QED) is 0.630. The number of ketones is 1. The molecule has 4 aliphatic carbocycles. The van der Waals surface area contributed by atoms with E-state index in [1.54, 1.807) is 0 Å². The summed E-state index contributed by atoms with van der Waals surface area (Å²) in [4.78, 5) is 12.1. The van der Waals surface area contributed by atoms with Crippen molar-refractivity contribution in [3.63, 3.8) is 0 Å². The van der Waals surface area contributed by atoms with Gasteiger partial charge in [-0.2, -0.15) is 5.26 Å². The fourth-order valence-corrected chi connectivity index (χ4v) is 7.71. The Morgan fingerprint density at radius 3 is 2.75 bits per heavy atom. The molecule has 0 saturated heterocycles. The van der Waals surface area contributed by atoms with Crippen molar-refractivity contribution in [1.82, 2.24) is 0 Å². The van der Waals surface area contributed by atoms with Gasteiger partial charge in [0.1, 0.15) is 0 Å². The number of nitrogens with zero attached hydrogens (tertiary/aromatic N) is 1. The van der Waals surface area contributed by atoms with Crippen LogP contribution < -0.4 is 0 Å². The molecule has 1 aromatic carbocycles. The Morgan fingerprint density at radius 1 is 1.25 bits per heavy atom. The molecule has 0 amide bonds. The maximum atomic E-state index is 12.1. The maximum Gasteiger partial charge on any atom is 0.155 e. The van der Waals surface area contributed by atoms with Gasteiger partial charge in [0.05, 0.1) is 18.1 Å². The summed E-state index contributed by atoms with van der Waals surface area (Å²) in [6.07, 6.45) is 13.5. The number of hydrogen-bond donors (Lipinski definition) is 1. The number of hydrogen-bond acceptors (Lipinski definition) is 3. The van der Waals surface area contributed by atoms with E-state index in [4.69, 9.17) is 0 Å². The Bertz CT molecular complexity index is 1030. The molecule has 0 heterocycles. The Kier molecular flexibility index (Phi) is 5.25. The highest BCUT2D eigenvalue weighted by Gasteiger charge is 2.64. The predicted molar refractivity (Wildman–Crippen MR) is 126 cm³/mol.